The zero-order valence-corrected chi connectivity index (χ0v) is 13.4. The van der Waals surface area contributed by atoms with Crippen LogP contribution in [0.25, 0.3) is 0 Å². The molecule has 0 aliphatic rings. The normalized spacial score (nSPS) is 14.5. The zero-order chi connectivity index (χ0) is 16.8. The van der Waals surface area contributed by atoms with Crippen molar-refractivity contribution in [1.29, 1.82) is 0 Å². The standard InChI is InChI=1S/C13H17F4NO2S2/c1-2-3-9-21(10-13(16,17)12(14)15)18-22(19,20)11-7-5-4-6-8-11/h4-8,10,12,18H,2-3,9H2,1H3. The lowest BCUT2D eigenvalue weighted by Crippen LogP contribution is -2.31. The molecule has 1 unspecified atom stereocenters. The Labute approximate surface area is 129 Å². The van der Waals surface area contributed by atoms with Crippen LogP contribution in [0.4, 0.5) is 17.6 Å². The summed E-state index contributed by atoms with van der Waals surface area (Å²) in [7, 11) is -5.71. The number of hydrogen-bond acceptors (Lipinski definition) is 2. The second-order valence-corrected chi connectivity index (χ2v) is 8.13. The summed E-state index contributed by atoms with van der Waals surface area (Å²) in [6, 6.07) is 7.17. The summed E-state index contributed by atoms with van der Waals surface area (Å²) in [6.07, 6.45) is -2.80. The van der Waals surface area contributed by atoms with E-state index in [0.717, 1.165) is 0 Å². The van der Waals surface area contributed by atoms with Crippen molar-refractivity contribution in [3.8, 4) is 0 Å². The molecule has 0 aliphatic carbocycles. The van der Waals surface area contributed by atoms with Gasteiger partial charge in [0.25, 0.3) is 0 Å². The molecule has 3 nitrogen and oxygen atoms in total. The van der Waals surface area contributed by atoms with Crippen LogP contribution in [0.1, 0.15) is 19.8 Å². The highest BCUT2D eigenvalue weighted by Gasteiger charge is 2.39. The van der Waals surface area contributed by atoms with Gasteiger partial charge in [0.2, 0.25) is 10.0 Å². The number of benzene rings is 1. The smallest absolute Gasteiger partial charge is 0.206 e. The highest BCUT2D eigenvalue weighted by atomic mass is 32.3. The zero-order valence-electron chi connectivity index (χ0n) is 11.8. The minimum absolute atomic E-state index is 0.0465. The summed E-state index contributed by atoms with van der Waals surface area (Å²) in [5, 5.41) is 0.105. The lowest BCUT2D eigenvalue weighted by atomic mass is 10.4. The molecule has 0 heterocycles. The number of nitrogens with one attached hydrogen (secondary N) is 1. The maximum atomic E-state index is 13.2. The third-order valence-corrected chi connectivity index (χ3v) is 6.53. The summed E-state index contributed by atoms with van der Waals surface area (Å²) < 4.78 is 77.2. The number of rotatable bonds is 8. The molecule has 1 aromatic rings. The highest BCUT2D eigenvalue weighted by Crippen LogP contribution is 2.26. The summed E-state index contributed by atoms with van der Waals surface area (Å²) in [6.45, 7) is 1.79. The van der Waals surface area contributed by atoms with Crippen molar-refractivity contribution in [3.05, 3.63) is 30.3 Å². The van der Waals surface area contributed by atoms with E-state index in [0.29, 0.717) is 12.8 Å². The Kier molecular flexibility index (Phi) is 7.01. The molecule has 0 bridgehead atoms. The van der Waals surface area contributed by atoms with Crippen LogP contribution < -0.4 is 4.13 Å². The Bertz CT molecular complexity index is 604. The molecule has 0 amide bonds. The third kappa shape index (κ3) is 5.69. The molecule has 1 atom stereocenters. The van der Waals surface area contributed by atoms with E-state index in [1.54, 1.807) is 13.0 Å². The van der Waals surface area contributed by atoms with Gasteiger partial charge < -0.3 is 0 Å². The molecule has 0 aromatic heterocycles. The van der Waals surface area contributed by atoms with Gasteiger partial charge in [0.15, 0.2) is 0 Å². The van der Waals surface area contributed by atoms with Crippen molar-refractivity contribution in [1.82, 2.24) is 4.13 Å². The molecule has 0 radical (unpaired) electrons. The second kappa shape index (κ2) is 8.07. The van der Waals surface area contributed by atoms with Crippen molar-refractivity contribution in [3.63, 3.8) is 0 Å². The Hall–Kier alpha value is -0.930. The monoisotopic (exact) mass is 359 g/mol. The molecule has 1 N–H and O–H groups in total. The van der Waals surface area contributed by atoms with Gasteiger partial charge in [-0.1, -0.05) is 31.5 Å². The predicted octanol–water partition coefficient (Wildman–Crippen LogP) is 3.65. The predicted molar refractivity (Wildman–Crippen MR) is 81.1 cm³/mol. The average molecular weight is 359 g/mol. The van der Waals surface area contributed by atoms with Crippen molar-refractivity contribution in [2.45, 2.75) is 37.0 Å². The van der Waals surface area contributed by atoms with Gasteiger partial charge >= 0.3 is 12.3 Å². The van der Waals surface area contributed by atoms with Crippen molar-refractivity contribution < 1.29 is 26.0 Å². The molecule has 1 rings (SSSR count). The maximum absolute atomic E-state index is 13.2. The van der Waals surface area contributed by atoms with Gasteiger partial charge in [0, 0.05) is 11.1 Å². The Morgan fingerprint density at radius 2 is 1.86 bits per heavy atom. The van der Waals surface area contributed by atoms with Crippen LogP contribution in [0.15, 0.2) is 35.2 Å². The van der Waals surface area contributed by atoms with E-state index in [9.17, 15) is 26.0 Å². The average Bonchev–Trinajstić information content (AvgIpc) is 2.45. The van der Waals surface area contributed by atoms with E-state index in [-0.39, 0.29) is 16.0 Å². The summed E-state index contributed by atoms with van der Waals surface area (Å²) in [5.74, 6) is -4.29. The van der Waals surface area contributed by atoms with Crippen molar-refractivity contribution >= 4 is 26.1 Å². The lowest BCUT2D eigenvalue weighted by molar-refractivity contribution is -0.0698. The van der Waals surface area contributed by atoms with Gasteiger partial charge in [-0.05, 0) is 18.6 Å². The fourth-order valence-corrected chi connectivity index (χ4v) is 5.21. The molecule has 126 valence electrons. The van der Waals surface area contributed by atoms with Crippen LogP contribution in [0.2, 0.25) is 0 Å². The van der Waals surface area contributed by atoms with E-state index in [1.165, 1.54) is 24.3 Å². The van der Waals surface area contributed by atoms with Gasteiger partial charge in [0.05, 0.1) is 4.90 Å². The summed E-state index contributed by atoms with van der Waals surface area (Å²) >= 11 is 0. The molecule has 0 aliphatic heterocycles. The van der Waals surface area contributed by atoms with Crippen LogP contribution in [0.5, 0.6) is 0 Å². The fourth-order valence-electron chi connectivity index (χ4n) is 1.45. The first kappa shape index (κ1) is 19.1. The lowest BCUT2D eigenvalue weighted by Gasteiger charge is -2.16. The second-order valence-electron chi connectivity index (χ2n) is 4.48. The molecule has 1 aromatic carbocycles. The first-order valence-corrected chi connectivity index (χ1v) is 9.42. The number of hydrogen-bond donors (Lipinski definition) is 1. The van der Waals surface area contributed by atoms with Crippen LogP contribution in [-0.2, 0) is 10.0 Å². The van der Waals surface area contributed by atoms with Crippen molar-refractivity contribution in [2.75, 3.05) is 5.75 Å². The molecular formula is C13H17F4NO2S2. The first-order chi connectivity index (χ1) is 10.2. The van der Waals surface area contributed by atoms with Crippen LogP contribution in [-0.4, -0.2) is 31.9 Å². The van der Waals surface area contributed by atoms with Crippen LogP contribution >= 0.6 is 10.7 Å². The minimum atomic E-state index is -4.34. The largest absolute Gasteiger partial charge is 0.332 e. The fraction of sp³-hybridized carbons (Fsp3) is 0.462. The van der Waals surface area contributed by atoms with E-state index in [1.807, 2.05) is 0 Å². The van der Waals surface area contributed by atoms with Crippen LogP contribution in [0, 0.1) is 0 Å². The topological polar surface area (TPSA) is 46.2 Å². The molecule has 0 saturated carbocycles. The molecular weight excluding hydrogens is 342 g/mol. The Morgan fingerprint density at radius 1 is 1.27 bits per heavy atom. The molecule has 0 fully saturated rings. The quantitative estimate of drug-likeness (QED) is 0.569. The third-order valence-electron chi connectivity index (χ3n) is 2.58. The highest BCUT2D eigenvalue weighted by molar-refractivity contribution is 8.20. The van der Waals surface area contributed by atoms with E-state index >= 15 is 0 Å². The number of sulfonamides is 1. The van der Waals surface area contributed by atoms with Gasteiger partial charge in [-0.25, -0.2) is 17.2 Å². The first-order valence-electron chi connectivity index (χ1n) is 6.48. The van der Waals surface area contributed by atoms with E-state index < -0.39 is 33.0 Å². The molecule has 0 saturated heterocycles. The van der Waals surface area contributed by atoms with Gasteiger partial charge in [-0.3, -0.25) is 0 Å². The van der Waals surface area contributed by atoms with Gasteiger partial charge in [-0.2, -0.15) is 12.9 Å². The summed E-state index contributed by atoms with van der Waals surface area (Å²) in [4.78, 5) is -0.0993. The van der Waals surface area contributed by atoms with Crippen LogP contribution in [0.3, 0.4) is 0 Å². The van der Waals surface area contributed by atoms with Crippen molar-refractivity contribution in [2.24, 2.45) is 0 Å². The SMILES string of the molecule is CCCCS(=CC(F)(F)C(F)F)NS(=O)(=O)c1ccccc1. The number of alkyl halides is 4. The minimum Gasteiger partial charge on any atom is -0.206 e. The molecule has 9 heteroatoms. The van der Waals surface area contributed by atoms with E-state index in [2.05, 4.69) is 4.13 Å². The molecule has 0 spiro atoms. The van der Waals surface area contributed by atoms with E-state index in [4.69, 9.17) is 0 Å². The molecule has 22 heavy (non-hydrogen) atoms. The van der Waals surface area contributed by atoms with Gasteiger partial charge in [0.1, 0.15) is 0 Å². The number of halogens is 4. The maximum Gasteiger partial charge on any atom is 0.332 e. The Balaban J connectivity index is 3.06. The van der Waals surface area contributed by atoms with Gasteiger partial charge in [-0.15, -0.1) is 10.7 Å². The summed E-state index contributed by atoms with van der Waals surface area (Å²) in [5.41, 5.74) is 0. The number of unbranched alkanes of at least 4 members (excludes halogenated alkanes) is 1. The Morgan fingerprint density at radius 3 is 2.36 bits per heavy atom.